The molecule has 0 amide bonds. The Hall–Kier alpha value is -8.80. The van der Waals surface area contributed by atoms with Gasteiger partial charge in [-0.05, 0) is 162 Å². The van der Waals surface area contributed by atoms with E-state index in [4.69, 9.17) is 8.83 Å². The van der Waals surface area contributed by atoms with Crippen molar-refractivity contribution in [3.8, 4) is 56.0 Å². The van der Waals surface area contributed by atoms with Crippen molar-refractivity contribution >= 4 is 78.9 Å². The molecule has 4 aliphatic rings. The van der Waals surface area contributed by atoms with Gasteiger partial charge in [-0.1, -0.05) is 223 Å². The fourth-order valence-electron chi connectivity index (χ4n) is 15.4. The second-order valence-electron chi connectivity index (χ2n) is 29.1. The van der Waals surface area contributed by atoms with E-state index in [2.05, 4.69) is 293 Å². The second kappa shape index (κ2) is 18.1. The maximum Gasteiger partial charge on any atom is 0.333 e. The van der Waals surface area contributed by atoms with Crippen molar-refractivity contribution in [3.63, 3.8) is 0 Å². The molecule has 5 heteroatoms. The second-order valence-corrected chi connectivity index (χ2v) is 29.1. The number of benzene rings is 10. The van der Waals surface area contributed by atoms with Gasteiger partial charge in [0.15, 0.2) is 5.58 Å². The number of furan rings is 2. The fraction of sp³-hybridized carbons (Fsp3) is 0.235. The van der Waals surface area contributed by atoms with E-state index in [9.17, 15) is 0 Å². The molecular formula is C81H73BN2O2. The van der Waals surface area contributed by atoms with Gasteiger partial charge in [-0.2, -0.15) is 0 Å². The van der Waals surface area contributed by atoms with Gasteiger partial charge in [0.2, 0.25) is 0 Å². The first kappa shape index (κ1) is 52.7. The van der Waals surface area contributed by atoms with Crippen LogP contribution in [-0.2, 0) is 27.1 Å². The molecule has 2 aliphatic carbocycles. The first-order valence-electron chi connectivity index (χ1n) is 31.1. The molecule has 16 rings (SSSR count). The highest BCUT2D eigenvalue weighted by Crippen LogP contribution is 2.60. The predicted octanol–water partition coefficient (Wildman–Crippen LogP) is 21.3. The highest BCUT2D eigenvalue weighted by atomic mass is 16.3. The summed E-state index contributed by atoms with van der Waals surface area (Å²) in [4.78, 5) is 5.31. The predicted molar refractivity (Wildman–Crippen MR) is 364 cm³/mol. The first-order valence-corrected chi connectivity index (χ1v) is 31.1. The van der Waals surface area contributed by atoms with Crippen molar-refractivity contribution in [1.29, 1.82) is 0 Å². The van der Waals surface area contributed by atoms with Crippen LogP contribution < -0.4 is 20.6 Å². The zero-order valence-electron chi connectivity index (χ0n) is 51.8. The van der Waals surface area contributed by atoms with Crippen molar-refractivity contribution in [3.05, 3.63) is 234 Å². The standard InChI is InChI=1S/C81H73BN2O2/c1-77(2,3)51-32-35-53(36-33-51)84-69-47-64-56(57-43-65-66(46-63(57)81(64,11)12)80(9,10)39-38-79(65,7)8)41-58(69)59-42-60-54-30-22-23-31-71(54)85-76(60)73-72(59)82(84)67-44-61-62(75(50-28-20-15-21-29-50)86-74(61)49-26-18-14-19-27-49)45-70(67)83(73)68-37-34-52(78(4,5)6)40-55(68)48-24-16-13-17-25-48/h13-37,40-47H,38-39H2,1-12H3. The Morgan fingerprint density at radius 1 is 0.407 bits per heavy atom. The molecule has 0 radical (unpaired) electrons. The number of hydrogen-bond donors (Lipinski definition) is 0. The average Bonchev–Trinajstić information content (AvgIpc) is 1.21. The van der Waals surface area contributed by atoms with Crippen molar-refractivity contribution < 1.29 is 8.83 Å². The SMILES string of the molecule is CC(C)(C)c1ccc(N2B3c4cc5c(-c6ccccc6)oc(-c6ccccc6)c5cc4N(c4ccc(C(C)(C)C)cc4-c4ccccc4)c4c3c(cc3c4oc4ccccc43)-c3cc4c(cc32)C(C)(C)c2cc3c(cc2-4)C(C)(C)CCC3(C)C)cc1. The third-order valence-corrected chi connectivity index (χ3v) is 20.4. The first-order chi connectivity index (χ1) is 41.2. The maximum atomic E-state index is 7.50. The fourth-order valence-corrected chi connectivity index (χ4v) is 15.4. The van der Waals surface area contributed by atoms with Gasteiger partial charge in [0.25, 0.3) is 0 Å². The van der Waals surface area contributed by atoms with Crippen LogP contribution in [0, 0.1) is 0 Å². The van der Waals surface area contributed by atoms with Gasteiger partial charge in [0.05, 0.1) is 11.4 Å². The van der Waals surface area contributed by atoms with Crippen LogP contribution in [0.15, 0.2) is 209 Å². The average molecular weight is 1120 g/mol. The van der Waals surface area contributed by atoms with E-state index in [1.54, 1.807) is 0 Å². The Morgan fingerprint density at radius 3 is 1.60 bits per heavy atom. The molecule has 4 nitrogen and oxygen atoms in total. The number of anilines is 5. The number of hydrogen-bond acceptors (Lipinski definition) is 4. The Morgan fingerprint density at radius 2 is 0.965 bits per heavy atom. The summed E-state index contributed by atoms with van der Waals surface area (Å²) in [6, 6.07) is 75.7. The molecule has 422 valence electrons. The van der Waals surface area contributed by atoms with Crippen LogP contribution in [0.25, 0.3) is 88.7 Å². The Bertz CT molecular complexity index is 4800. The van der Waals surface area contributed by atoms with E-state index in [0.717, 1.165) is 95.7 Å². The molecule has 0 unspecified atom stereocenters. The molecule has 4 heterocycles. The molecule has 0 saturated carbocycles. The van der Waals surface area contributed by atoms with Crippen LogP contribution in [0.2, 0.25) is 0 Å². The normalized spacial score (nSPS) is 16.0. The monoisotopic (exact) mass is 1120 g/mol. The number of rotatable bonds is 5. The summed E-state index contributed by atoms with van der Waals surface area (Å²) in [5.74, 6) is 1.70. The van der Waals surface area contributed by atoms with E-state index in [1.807, 2.05) is 0 Å². The van der Waals surface area contributed by atoms with Crippen molar-refractivity contribution in [2.45, 2.75) is 123 Å². The van der Waals surface area contributed by atoms with Gasteiger partial charge in [-0.3, -0.25) is 0 Å². The maximum absolute atomic E-state index is 7.50. The molecule has 0 N–H and O–H groups in total. The summed E-state index contributed by atoms with van der Waals surface area (Å²) in [7, 11) is 0. The summed E-state index contributed by atoms with van der Waals surface area (Å²) in [6.07, 6.45) is 2.33. The van der Waals surface area contributed by atoms with Crippen LogP contribution >= 0.6 is 0 Å². The molecule has 12 aromatic rings. The lowest BCUT2D eigenvalue weighted by Gasteiger charge is -2.46. The van der Waals surface area contributed by atoms with E-state index < -0.39 is 0 Å². The van der Waals surface area contributed by atoms with E-state index in [0.29, 0.717) is 0 Å². The molecule has 0 fully saturated rings. The number of nitrogens with zero attached hydrogens (tertiary/aromatic N) is 2. The van der Waals surface area contributed by atoms with Gasteiger partial charge in [-0.25, -0.2) is 0 Å². The number of para-hydroxylation sites is 1. The highest BCUT2D eigenvalue weighted by Gasteiger charge is 2.50. The molecule has 0 atom stereocenters. The van der Waals surface area contributed by atoms with Crippen molar-refractivity contribution in [2.24, 2.45) is 0 Å². The number of fused-ring (bicyclic) bond motifs is 13. The van der Waals surface area contributed by atoms with E-state index in [1.165, 1.54) is 78.7 Å². The topological polar surface area (TPSA) is 32.8 Å². The minimum atomic E-state index is -0.326. The largest absolute Gasteiger partial charge is 0.455 e. The molecule has 86 heavy (non-hydrogen) atoms. The zero-order chi connectivity index (χ0) is 59.1. The Balaban J connectivity index is 1.09. The minimum Gasteiger partial charge on any atom is -0.455 e. The third kappa shape index (κ3) is 7.68. The van der Waals surface area contributed by atoms with Crippen LogP contribution in [0.4, 0.5) is 28.4 Å². The van der Waals surface area contributed by atoms with Crippen molar-refractivity contribution in [1.82, 2.24) is 0 Å². The molecule has 2 aliphatic heterocycles. The third-order valence-electron chi connectivity index (χ3n) is 20.4. The lowest BCUT2D eigenvalue weighted by Crippen LogP contribution is -2.61. The highest BCUT2D eigenvalue weighted by molar-refractivity contribution is 6.94. The molecule has 0 saturated heterocycles. The molecule has 0 bridgehead atoms. The summed E-state index contributed by atoms with van der Waals surface area (Å²) >= 11 is 0. The Kier molecular flexibility index (Phi) is 11.1. The lowest BCUT2D eigenvalue weighted by atomic mass is 9.43. The van der Waals surface area contributed by atoms with Crippen molar-refractivity contribution in [2.75, 3.05) is 9.71 Å². The van der Waals surface area contributed by atoms with Crippen LogP contribution in [0.3, 0.4) is 0 Å². The quantitative estimate of drug-likeness (QED) is 0.161. The van der Waals surface area contributed by atoms with Crippen LogP contribution in [0.1, 0.15) is 129 Å². The van der Waals surface area contributed by atoms with E-state index in [-0.39, 0.29) is 33.9 Å². The minimum absolute atomic E-state index is 0.0436. The lowest BCUT2D eigenvalue weighted by molar-refractivity contribution is 0.331. The molecule has 2 aromatic heterocycles. The van der Waals surface area contributed by atoms with Gasteiger partial charge < -0.3 is 18.5 Å². The summed E-state index contributed by atoms with van der Waals surface area (Å²) in [5.41, 5.74) is 27.3. The molecule has 10 aromatic carbocycles. The van der Waals surface area contributed by atoms with Gasteiger partial charge in [0.1, 0.15) is 17.1 Å². The summed E-state index contributed by atoms with van der Waals surface area (Å²) in [6.45, 7) is 28.4. The van der Waals surface area contributed by atoms with Gasteiger partial charge >= 0.3 is 6.85 Å². The molecular weight excluding hydrogens is 1040 g/mol. The Labute approximate surface area is 507 Å². The van der Waals surface area contributed by atoms with Crippen LogP contribution in [0.5, 0.6) is 0 Å². The summed E-state index contributed by atoms with van der Waals surface area (Å²) < 4.78 is 14.9. The van der Waals surface area contributed by atoms with Gasteiger partial charge in [-0.15, -0.1) is 0 Å². The summed E-state index contributed by atoms with van der Waals surface area (Å²) in [5, 5.41) is 4.33. The van der Waals surface area contributed by atoms with Crippen LogP contribution in [-0.4, -0.2) is 6.85 Å². The molecule has 0 spiro atoms. The van der Waals surface area contributed by atoms with E-state index >= 15 is 0 Å². The zero-order valence-corrected chi connectivity index (χ0v) is 51.8. The smallest absolute Gasteiger partial charge is 0.333 e. The van der Waals surface area contributed by atoms with Gasteiger partial charge in [0, 0.05) is 66.3 Å².